The Morgan fingerprint density at radius 3 is 2.70 bits per heavy atom. The summed E-state index contributed by atoms with van der Waals surface area (Å²) in [6.07, 6.45) is 3.28. The first-order valence-corrected chi connectivity index (χ1v) is 11.5. The van der Waals surface area contributed by atoms with Crippen molar-refractivity contribution in [3.05, 3.63) is 59.7 Å². The highest BCUT2D eigenvalue weighted by Crippen LogP contribution is 2.31. The lowest BCUT2D eigenvalue weighted by atomic mass is 10.0. The van der Waals surface area contributed by atoms with Gasteiger partial charge in [-0.05, 0) is 42.1 Å². The fraction of sp³-hybridized carbons (Fsp3) is 0.150. The van der Waals surface area contributed by atoms with Crippen molar-refractivity contribution in [3.8, 4) is 16.5 Å². The number of H-pyrrole nitrogens is 1. The van der Waals surface area contributed by atoms with Gasteiger partial charge in [0.25, 0.3) is 0 Å². The average molecular weight is 443 g/mol. The molecule has 0 aliphatic carbocycles. The van der Waals surface area contributed by atoms with Crippen molar-refractivity contribution >= 4 is 38.2 Å². The first-order chi connectivity index (χ1) is 14.5. The van der Waals surface area contributed by atoms with Crippen LogP contribution in [-0.2, 0) is 10.0 Å². The second-order valence-corrected chi connectivity index (χ2v) is 9.24. The Morgan fingerprint density at radius 1 is 1.17 bits per heavy atom. The van der Waals surface area contributed by atoms with Crippen LogP contribution in [0.2, 0.25) is 0 Å². The van der Waals surface area contributed by atoms with E-state index in [4.69, 9.17) is 0 Å². The molecule has 4 rings (SSSR count). The van der Waals surface area contributed by atoms with Crippen LogP contribution >= 0.6 is 11.3 Å². The predicted molar refractivity (Wildman–Crippen MR) is 114 cm³/mol. The smallest absolute Gasteiger partial charge is 0.240 e. The summed E-state index contributed by atoms with van der Waals surface area (Å²) < 4.78 is 26.9. The molecule has 0 saturated heterocycles. The van der Waals surface area contributed by atoms with Crippen molar-refractivity contribution in [1.29, 1.82) is 0 Å². The first kappa shape index (κ1) is 20.2. The van der Waals surface area contributed by atoms with Crippen molar-refractivity contribution in [2.75, 3.05) is 6.54 Å². The van der Waals surface area contributed by atoms with Crippen LogP contribution in [0.5, 0.6) is 5.75 Å². The molecule has 0 spiro atoms. The molecule has 3 aromatic heterocycles. The molecule has 0 amide bonds. The van der Waals surface area contributed by atoms with Gasteiger partial charge in [-0.3, -0.25) is 9.78 Å². The number of thiophene rings is 1. The molecule has 1 aromatic carbocycles. The third-order valence-corrected chi connectivity index (χ3v) is 6.86. The van der Waals surface area contributed by atoms with Gasteiger partial charge in [0.15, 0.2) is 5.78 Å². The Labute approximate surface area is 176 Å². The lowest BCUT2D eigenvalue weighted by Gasteiger charge is -2.06. The number of aromatic amines is 1. The zero-order valence-corrected chi connectivity index (χ0v) is 17.3. The molecule has 0 saturated carbocycles. The molecule has 3 N–H and O–H groups in total. The van der Waals surface area contributed by atoms with E-state index in [0.717, 1.165) is 4.88 Å². The van der Waals surface area contributed by atoms with E-state index in [9.17, 15) is 18.3 Å². The molecule has 0 radical (unpaired) electrons. The lowest BCUT2D eigenvalue weighted by molar-refractivity contribution is 0.0982. The Balaban J connectivity index is 1.45. The number of rotatable bonds is 8. The molecule has 4 aromatic rings. The maximum Gasteiger partial charge on any atom is 0.240 e. The SMILES string of the molecule is O=C(CCCNS(=O)(=O)c1ccncc1)c1ccc(O)c2[nH]c(-c3cccs3)nc12. The monoisotopic (exact) mass is 442 g/mol. The number of phenolic OH excluding ortho intramolecular Hbond substituents is 1. The fourth-order valence-corrected chi connectivity index (χ4v) is 4.75. The largest absolute Gasteiger partial charge is 0.506 e. The highest BCUT2D eigenvalue weighted by molar-refractivity contribution is 7.89. The van der Waals surface area contributed by atoms with Crippen molar-refractivity contribution in [3.63, 3.8) is 0 Å². The number of carbonyl (C=O) groups is 1. The van der Waals surface area contributed by atoms with E-state index in [1.165, 1.54) is 41.9 Å². The number of nitrogens with zero attached hydrogens (tertiary/aromatic N) is 2. The summed E-state index contributed by atoms with van der Waals surface area (Å²) in [5.41, 5.74) is 1.20. The Hall–Kier alpha value is -3.08. The number of phenols is 1. The summed E-state index contributed by atoms with van der Waals surface area (Å²) in [6.45, 7) is 0.124. The first-order valence-electron chi connectivity index (χ1n) is 9.14. The summed E-state index contributed by atoms with van der Waals surface area (Å²) in [6, 6.07) is 9.60. The summed E-state index contributed by atoms with van der Waals surface area (Å²) in [5, 5.41) is 12.1. The molecule has 0 bridgehead atoms. The van der Waals surface area contributed by atoms with Gasteiger partial charge in [-0.1, -0.05) is 6.07 Å². The van der Waals surface area contributed by atoms with Crippen molar-refractivity contribution in [2.24, 2.45) is 0 Å². The minimum Gasteiger partial charge on any atom is -0.506 e. The number of imidazole rings is 1. The van der Waals surface area contributed by atoms with Crippen molar-refractivity contribution in [2.45, 2.75) is 17.7 Å². The normalized spacial score (nSPS) is 11.7. The number of ketones is 1. The van der Waals surface area contributed by atoms with E-state index in [-0.39, 0.29) is 29.4 Å². The quantitative estimate of drug-likeness (QED) is 0.284. The number of pyridine rings is 1. The van der Waals surface area contributed by atoms with Gasteiger partial charge < -0.3 is 10.1 Å². The van der Waals surface area contributed by atoms with Gasteiger partial charge in [0.1, 0.15) is 22.6 Å². The highest BCUT2D eigenvalue weighted by atomic mass is 32.2. The summed E-state index contributed by atoms with van der Waals surface area (Å²) in [5.74, 6) is 0.426. The second-order valence-electron chi connectivity index (χ2n) is 6.53. The number of aromatic hydroxyl groups is 1. The van der Waals surface area contributed by atoms with Gasteiger partial charge in [0.2, 0.25) is 10.0 Å². The molecule has 10 heteroatoms. The summed E-state index contributed by atoms with van der Waals surface area (Å²) >= 11 is 1.50. The Morgan fingerprint density at radius 2 is 1.97 bits per heavy atom. The topological polar surface area (TPSA) is 125 Å². The minimum atomic E-state index is -3.64. The van der Waals surface area contributed by atoms with E-state index < -0.39 is 10.0 Å². The van der Waals surface area contributed by atoms with Gasteiger partial charge in [-0.25, -0.2) is 18.1 Å². The van der Waals surface area contributed by atoms with Crippen LogP contribution in [0.25, 0.3) is 21.7 Å². The van der Waals surface area contributed by atoms with E-state index in [0.29, 0.717) is 28.8 Å². The number of fused-ring (bicyclic) bond motifs is 1. The van der Waals surface area contributed by atoms with Crippen LogP contribution in [0.1, 0.15) is 23.2 Å². The van der Waals surface area contributed by atoms with E-state index in [1.54, 1.807) is 6.07 Å². The van der Waals surface area contributed by atoms with E-state index in [1.807, 2.05) is 17.5 Å². The number of aromatic nitrogens is 3. The molecular formula is C20H18N4O4S2. The van der Waals surface area contributed by atoms with Crippen LogP contribution in [0, 0.1) is 0 Å². The van der Waals surface area contributed by atoms with Crippen molar-refractivity contribution in [1.82, 2.24) is 19.7 Å². The maximum atomic E-state index is 12.7. The van der Waals surface area contributed by atoms with Crippen LogP contribution in [0.3, 0.4) is 0 Å². The number of nitrogens with one attached hydrogen (secondary N) is 2. The molecule has 0 aliphatic heterocycles. The number of Topliss-reactive ketones (excluding diaryl/α,β-unsaturated/α-hetero) is 1. The van der Waals surface area contributed by atoms with Crippen LogP contribution in [-0.4, -0.2) is 40.8 Å². The van der Waals surface area contributed by atoms with Crippen molar-refractivity contribution < 1.29 is 18.3 Å². The van der Waals surface area contributed by atoms with Crippen LogP contribution < -0.4 is 4.72 Å². The summed E-state index contributed by atoms with van der Waals surface area (Å²) in [7, 11) is -3.64. The molecule has 3 heterocycles. The third kappa shape index (κ3) is 4.11. The molecule has 0 atom stereocenters. The Kier molecular flexibility index (Phi) is 5.62. The van der Waals surface area contributed by atoms with E-state index in [2.05, 4.69) is 19.7 Å². The standard InChI is InChI=1S/C20H18N4O4S2/c25-15(3-1-9-22-30(27,28)13-7-10-21-11-8-13)14-5-6-16(26)19-18(14)23-20(24-19)17-4-2-12-29-17/h2,4-8,10-12,22,26H,1,3,9H2,(H,23,24). The molecule has 0 unspecified atom stereocenters. The Bertz CT molecular complexity index is 1280. The zero-order valence-electron chi connectivity index (χ0n) is 15.7. The minimum absolute atomic E-state index is 0.0157. The number of sulfonamides is 1. The van der Waals surface area contributed by atoms with Gasteiger partial charge in [0, 0.05) is 30.9 Å². The number of hydrogen-bond donors (Lipinski definition) is 3. The molecule has 0 aliphatic rings. The van der Waals surface area contributed by atoms with Gasteiger partial charge in [-0.15, -0.1) is 11.3 Å². The molecule has 0 fully saturated rings. The maximum absolute atomic E-state index is 12.7. The number of hydrogen-bond acceptors (Lipinski definition) is 7. The van der Waals surface area contributed by atoms with Crippen LogP contribution in [0.15, 0.2) is 59.1 Å². The zero-order chi connectivity index (χ0) is 21.1. The molecule has 30 heavy (non-hydrogen) atoms. The van der Waals surface area contributed by atoms with E-state index >= 15 is 0 Å². The highest BCUT2D eigenvalue weighted by Gasteiger charge is 2.18. The average Bonchev–Trinajstić information content (AvgIpc) is 3.42. The van der Waals surface area contributed by atoms with Gasteiger partial charge >= 0.3 is 0 Å². The van der Waals surface area contributed by atoms with Gasteiger partial charge in [0.05, 0.1) is 9.77 Å². The molecule has 154 valence electrons. The number of carbonyl (C=O) groups excluding carboxylic acids is 1. The molecule has 8 nitrogen and oxygen atoms in total. The third-order valence-electron chi connectivity index (χ3n) is 4.51. The summed E-state index contributed by atoms with van der Waals surface area (Å²) in [4.78, 5) is 25.1. The number of benzene rings is 1. The predicted octanol–water partition coefficient (Wildman–Crippen LogP) is 3.33. The van der Waals surface area contributed by atoms with Crippen LogP contribution in [0.4, 0.5) is 0 Å². The second kappa shape index (κ2) is 8.34. The molecular weight excluding hydrogens is 424 g/mol. The fourth-order valence-electron chi connectivity index (χ4n) is 3.02. The van der Waals surface area contributed by atoms with Gasteiger partial charge in [-0.2, -0.15) is 0 Å². The lowest BCUT2D eigenvalue weighted by Crippen LogP contribution is -2.25.